The number of hydrogen-bond acceptors (Lipinski definition) is 7. The fourth-order valence-electron chi connectivity index (χ4n) is 9.59. The second-order valence-electron chi connectivity index (χ2n) is 13.7. The molecule has 9 atom stereocenters. The summed E-state index contributed by atoms with van der Waals surface area (Å²) in [6.45, 7) is 4.18. The number of hydrogen-bond donors (Lipinski definition) is 2. The predicted molar refractivity (Wildman–Crippen MR) is 169 cm³/mol. The molecule has 0 bridgehead atoms. The molecule has 232 valence electrons. The minimum atomic E-state index is -1.37. The molecule has 1 aliphatic heterocycles. The largest absolute Gasteiger partial charge is 0.393 e. The number of rotatable bonds is 6. The van der Waals surface area contributed by atoms with Gasteiger partial charge in [0.25, 0.3) is 0 Å². The van der Waals surface area contributed by atoms with Crippen molar-refractivity contribution in [2.24, 2.45) is 28.6 Å². The first-order valence-corrected chi connectivity index (χ1v) is 16.7. The third-order valence-electron chi connectivity index (χ3n) is 11.6. The normalized spacial score (nSPS) is 38.8. The van der Waals surface area contributed by atoms with E-state index in [9.17, 15) is 19.1 Å². The molecule has 4 aliphatic carbocycles. The number of anilines is 1. The van der Waals surface area contributed by atoms with Crippen LogP contribution in [0.5, 0.6) is 0 Å². The number of allylic oxidation sites excluding steroid dienone is 4. The number of alkyl halides is 1. The molecule has 0 unspecified atom stereocenters. The van der Waals surface area contributed by atoms with Crippen LogP contribution in [0.4, 0.5) is 10.1 Å². The van der Waals surface area contributed by atoms with Gasteiger partial charge >= 0.3 is 0 Å². The van der Waals surface area contributed by atoms with Crippen LogP contribution in [0.25, 0.3) is 0 Å². The Labute approximate surface area is 262 Å². The van der Waals surface area contributed by atoms with Crippen molar-refractivity contribution in [2.75, 3.05) is 18.4 Å². The number of fused-ring (bicyclic) bond motifs is 7. The maximum absolute atomic E-state index is 14.0. The minimum Gasteiger partial charge on any atom is -0.393 e. The van der Waals surface area contributed by atoms with Crippen LogP contribution in [-0.4, -0.2) is 46.9 Å². The summed E-state index contributed by atoms with van der Waals surface area (Å²) in [5.41, 5.74) is 2.78. The van der Waals surface area contributed by atoms with Gasteiger partial charge in [0, 0.05) is 35.0 Å². The van der Waals surface area contributed by atoms with Gasteiger partial charge in [-0.2, -0.15) is 0 Å². The van der Waals surface area contributed by atoms with E-state index < -0.39 is 40.9 Å². The first-order chi connectivity index (χ1) is 21.1. The molecular weight excluding hydrogens is 577 g/mol. The number of thioether (sulfide) groups is 1. The number of halogens is 1. The average molecular weight is 618 g/mol. The summed E-state index contributed by atoms with van der Waals surface area (Å²) >= 11 is 0.647. The first kappa shape index (κ1) is 29.9. The van der Waals surface area contributed by atoms with E-state index in [0.717, 1.165) is 41.6 Å². The average Bonchev–Trinajstić information content (AvgIpc) is 3.51. The Kier molecular flexibility index (Phi) is 7.43. The lowest BCUT2D eigenvalue weighted by atomic mass is 9.46. The van der Waals surface area contributed by atoms with Gasteiger partial charge in [-0.25, -0.2) is 4.39 Å². The van der Waals surface area contributed by atoms with Crippen LogP contribution >= 0.6 is 11.8 Å². The van der Waals surface area contributed by atoms with Crippen molar-refractivity contribution < 1.29 is 28.6 Å². The number of carbonyl (C=O) groups is 2. The summed E-state index contributed by atoms with van der Waals surface area (Å²) in [6.07, 6.45) is 6.65. The van der Waals surface area contributed by atoms with Gasteiger partial charge < -0.3 is 19.9 Å². The van der Waals surface area contributed by atoms with E-state index in [-0.39, 0.29) is 28.7 Å². The number of nitrogens with one attached hydrogen (secondary N) is 1. The Morgan fingerprint density at radius 1 is 1.16 bits per heavy atom. The number of ether oxygens (including phenoxy) is 2. The van der Waals surface area contributed by atoms with Crippen LogP contribution in [-0.2, 0) is 25.5 Å². The van der Waals surface area contributed by atoms with E-state index in [0.29, 0.717) is 24.6 Å². The summed E-state index contributed by atoms with van der Waals surface area (Å²) in [7, 11) is 1.91. The van der Waals surface area contributed by atoms with Crippen LogP contribution in [0.3, 0.4) is 0 Å². The van der Waals surface area contributed by atoms with E-state index in [1.54, 1.807) is 12.2 Å². The van der Waals surface area contributed by atoms with E-state index in [1.165, 1.54) is 5.56 Å². The maximum atomic E-state index is 14.0. The second kappa shape index (κ2) is 10.9. The third kappa shape index (κ3) is 4.39. The lowest BCUT2D eigenvalue weighted by Crippen LogP contribution is -2.62. The highest BCUT2D eigenvalue weighted by molar-refractivity contribution is 8.13. The molecule has 0 amide bonds. The number of carbonyl (C=O) groups excluding carboxylic acids is 2. The molecule has 1 saturated heterocycles. The molecule has 4 fully saturated rings. The SMILES string of the molecule is CNc1cccc(Cc2ccc([C@@H]3O[C@@H]4C[C@H]5[C@@H]6CCC7=CC(=O)C=C[C@]7(C)[C@H]6[C@@H](O)C[C@]5(C)[C@]4(C(=O)SCF)O3)cc2)c1. The van der Waals surface area contributed by atoms with Gasteiger partial charge in [-0.3, -0.25) is 9.59 Å². The van der Waals surface area contributed by atoms with Crippen molar-refractivity contribution in [3.8, 4) is 0 Å². The second-order valence-corrected chi connectivity index (χ2v) is 14.5. The van der Waals surface area contributed by atoms with Gasteiger partial charge in [0.1, 0.15) is 6.01 Å². The molecule has 5 aliphatic rings. The molecule has 0 aromatic heterocycles. The third-order valence-corrected chi connectivity index (χ3v) is 12.3. The number of aliphatic hydroxyl groups is 1. The van der Waals surface area contributed by atoms with Crippen LogP contribution in [0, 0.1) is 28.6 Å². The smallest absolute Gasteiger partial charge is 0.226 e. The van der Waals surface area contributed by atoms with Crippen molar-refractivity contribution >= 4 is 28.3 Å². The van der Waals surface area contributed by atoms with E-state index in [4.69, 9.17) is 9.47 Å². The van der Waals surface area contributed by atoms with Crippen molar-refractivity contribution in [3.05, 3.63) is 89.0 Å². The zero-order chi connectivity index (χ0) is 30.9. The fourth-order valence-corrected chi connectivity index (χ4v) is 10.3. The van der Waals surface area contributed by atoms with Gasteiger partial charge in [0.05, 0.1) is 12.2 Å². The van der Waals surface area contributed by atoms with E-state index in [2.05, 4.69) is 43.4 Å². The van der Waals surface area contributed by atoms with Crippen LogP contribution in [0.15, 0.2) is 72.3 Å². The van der Waals surface area contributed by atoms with E-state index in [1.807, 2.05) is 37.4 Å². The molecule has 7 rings (SSSR count). The monoisotopic (exact) mass is 617 g/mol. The molecule has 3 saturated carbocycles. The Hall–Kier alpha value is -2.78. The van der Waals surface area contributed by atoms with E-state index >= 15 is 0 Å². The molecule has 8 heteroatoms. The highest BCUT2D eigenvalue weighted by Crippen LogP contribution is 2.71. The highest BCUT2D eigenvalue weighted by Gasteiger charge is 2.76. The van der Waals surface area contributed by atoms with Crippen LogP contribution < -0.4 is 5.32 Å². The van der Waals surface area contributed by atoms with Crippen molar-refractivity contribution in [2.45, 2.75) is 70.1 Å². The van der Waals surface area contributed by atoms with Crippen molar-refractivity contribution in [1.82, 2.24) is 0 Å². The Balaban J connectivity index is 1.17. The summed E-state index contributed by atoms with van der Waals surface area (Å²) in [6, 6.07) is 15.6. The number of benzene rings is 2. The Morgan fingerprint density at radius 2 is 1.95 bits per heavy atom. The molecule has 2 N–H and O–H groups in total. The molecule has 6 nitrogen and oxygen atoms in total. The fraction of sp³-hybridized carbons (Fsp3) is 0.500. The summed E-state index contributed by atoms with van der Waals surface area (Å²) in [5, 5.41) is 14.7. The number of aliphatic hydroxyl groups excluding tert-OH is 1. The molecule has 0 radical (unpaired) electrons. The van der Waals surface area contributed by atoms with Gasteiger partial charge in [0.2, 0.25) is 5.12 Å². The topological polar surface area (TPSA) is 84.9 Å². The molecule has 44 heavy (non-hydrogen) atoms. The quantitative estimate of drug-likeness (QED) is 0.381. The molecule has 2 aromatic carbocycles. The van der Waals surface area contributed by atoms with Crippen LogP contribution in [0.1, 0.15) is 62.5 Å². The zero-order valence-electron chi connectivity index (χ0n) is 25.4. The lowest BCUT2D eigenvalue weighted by molar-refractivity contribution is -0.194. The zero-order valence-corrected chi connectivity index (χ0v) is 26.2. The van der Waals surface area contributed by atoms with Gasteiger partial charge in [-0.15, -0.1) is 0 Å². The maximum Gasteiger partial charge on any atom is 0.226 e. The number of ketones is 1. The minimum absolute atomic E-state index is 0.00173. The Morgan fingerprint density at radius 3 is 2.70 bits per heavy atom. The summed E-state index contributed by atoms with van der Waals surface area (Å²) in [4.78, 5) is 26.1. The highest BCUT2D eigenvalue weighted by atomic mass is 32.2. The molecule has 1 heterocycles. The molecular formula is C36H40FNO5S. The summed E-state index contributed by atoms with van der Waals surface area (Å²) < 4.78 is 27.1. The van der Waals surface area contributed by atoms with Crippen molar-refractivity contribution in [3.63, 3.8) is 0 Å². The lowest BCUT2D eigenvalue weighted by Gasteiger charge is -2.59. The van der Waals surface area contributed by atoms with Crippen molar-refractivity contribution in [1.29, 1.82) is 0 Å². The summed E-state index contributed by atoms with van der Waals surface area (Å²) in [5.74, 6) is 0.0758. The Bertz CT molecular complexity index is 1540. The molecule has 2 aromatic rings. The molecule has 0 spiro atoms. The van der Waals surface area contributed by atoms with Gasteiger partial charge in [-0.1, -0.05) is 73.7 Å². The van der Waals surface area contributed by atoms with Crippen LogP contribution in [0.2, 0.25) is 0 Å². The van der Waals surface area contributed by atoms with Gasteiger partial charge in [0.15, 0.2) is 17.7 Å². The predicted octanol–water partition coefficient (Wildman–Crippen LogP) is 6.55. The van der Waals surface area contributed by atoms with Gasteiger partial charge in [-0.05, 0) is 79.4 Å². The first-order valence-electron chi connectivity index (χ1n) is 15.7. The standard InChI is InChI=1S/C36H40FNO5S/c1-34-14-13-26(39)17-24(34)11-12-27-28-18-30-36(33(41)44-20-37,35(28,2)19-29(40)31(27)34)43-32(42-30)23-9-7-21(8-10-23)15-22-5-4-6-25(16-22)38-3/h4-10,13-14,16-17,27-32,38,40H,11-12,15,18-20H2,1-3H3/t27-,28-,29-,30+,31+,32+,34-,35-,36-/m0/s1.